The zero-order valence-electron chi connectivity index (χ0n) is 11.9. The van der Waals surface area contributed by atoms with E-state index in [0.29, 0.717) is 5.56 Å². The summed E-state index contributed by atoms with van der Waals surface area (Å²) in [4.78, 5) is 12.7. The summed E-state index contributed by atoms with van der Waals surface area (Å²) in [5, 5.41) is 3.14. The molecule has 1 fully saturated rings. The van der Waals surface area contributed by atoms with Gasteiger partial charge in [0.15, 0.2) is 0 Å². The number of hydrogen-bond acceptors (Lipinski definition) is 2. The van der Waals surface area contributed by atoms with Gasteiger partial charge in [-0.2, -0.15) is 13.2 Å². The van der Waals surface area contributed by atoms with E-state index in [0.717, 1.165) is 24.3 Å². The number of amides is 1. The number of nitrogens with one attached hydrogen (secondary N) is 1. The van der Waals surface area contributed by atoms with Crippen molar-refractivity contribution in [2.24, 2.45) is 0 Å². The normalized spacial score (nSPS) is 20.3. The second kappa shape index (κ2) is 6.47. The van der Waals surface area contributed by atoms with Gasteiger partial charge in [-0.3, -0.25) is 4.79 Å². The highest BCUT2D eigenvalue weighted by Gasteiger charge is 2.44. The van der Waals surface area contributed by atoms with Crippen molar-refractivity contribution in [1.29, 1.82) is 0 Å². The Morgan fingerprint density at radius 2 is 2.05 bits per heavy atom. The largest absolute Gasteiger partial charge is 0.471 e. The van der Waals surface area contributed by atoms with Crippen LogP contribution in [0.3, 0.4) is 0 Å². The van der Waals surface area contributed by atoms with Crippen molar-refractivity contribution in [3.8, 4) is 0 Å². The molecule has 116 valence electrons. The maximum atomic E-state index is 12.8. The summed E-state index contributed by atoms with van der Waals surface area (Å²) in [5.41, 5.74) is 0.702. The van der Waals surface area contributed by atoms with Crippen molar-refractivity contribution in [3.63, 3.8) is 0 Å². The lowest BCUT2D eigenvalue weighted by Crippen LogP contribution is -2.47. The van der Waals surface area contributed by atoms with Gasteiger partial charge in [-0.05, 0) is 31.9 Å². The molecule has 21 heavy (non-hydrogen) atoms. The Morgan fingerprint density at radius 1 is 1.38 bits per heavy atom. The zero-order valence-corrected chi connectivity index (χ0v) is 11.9. The van der Waals surface area contributed by atoms with Gasteiger partial charge in [0.05, 0.1) is 6.04 Å². The summed E-state index contributed by atoms with van der Waals surface area (Å²) < 4.78 is 38.5. The summed E-state index contributed by atoms with van der Waals surface area (Å²) in [6.45, 7) is 2.50. The molecule has 0 aromatic heterocycles. The first-order valence-electron chi connectivity index (χ1n) is 7.05. The van der Waals surface area contributed by atoms with Crippen LogP contribution >= 0.6 is 0 Å². The Bertz CT molecular complexity index is 470. The molecule has 0 radical (unpaired) electrons. The molecule has 1 aromatic rings. The van der Waals surface area contributed by atoms with Gasteiger partial charge >= 0.3 is 12.1 Å². The average Bonchev–Trinajstić information content (AvgIpc) is 2.96. The minimum absolute atomic E-state index is 0.0672. The van der Waals surface area contributed by atoms with E-state index in [2.05, 4.69) is 5.32 Å². The monoisotopic (exact) mass is 300 g/mol. The fourth-order valence-corrected chi connectivity index (χ4v) is 2.64. The van der Waals surface area contributed by atoms with Gasteiger partial charge in [0.25, 0.3) is 0 Å². The molecule has 1 amide bonds. The van der Waals surface area contributed by atoms with Crippen LogP contribution in [0.1, 0.15) is 31.4 Å². The molecule has 2 rings (SSSR count). The third kappa shape index (κ3) is 3.97. The van der Waals surface area contributed by atoms with Gasteiger partial charge in [-0.25, -0.2) is 0 Å². The van der Waals surface area contributed by atoms with E-state index in [-0.39, 0.29) is 12.6 Å². The molecule has 0 aliphatic carbocycles. The highest BCUT2D eigenvalue weighted by molar-refractivity contribution is 5.82. The van der Waals surface area contributed by atoms with Gasteiger partial charge in [0, 0.05) is 12.6 Å². The average molecular weight is 300 g/mol. The standard InChI is InChI=1S/C15H19F3N2O/c1-11(12-6-3-2-4-7-12)20(14(21)15(16,17)18)10-13-8-5-9-19-13/h2-4,6-7,11,13,19H,5,8-10H2,1H3/t11-,13+/m1/s1. The summed E-state index contributed by atoms with van der Waals surface area (Å²) >= 11 is 0. The molecular weight excluding hydrogens is 281 g/mol. The number of nitrogens with zero attached hydrogens (tertiary/aromatic N) is 1. The number of carbonyl (C=O) groups excluding carboxylic acids is 1. The van der Waals surface area contributed by atoms with Crippen molar-refractivity contribution in [2.45, 2.75) is 38.0 Å². The van der Waals surface area contributed by atoms with Crippen molar-refractivity contribution in [2.75, 3.05) is 13.1 Å². The lowest BCUT2D eigenvalue weighted by atomic mass is 10.1. The molecule has 1 saturated heterocycles. The predicted octanol–water partition coefficient (Wildman–Crippen LogP) is 2.89. The third-order valence-electron chi connectivity index (χ3n) is 3.83. The van der Waals surface area contributed by atoms with Crippen molar-refractivity contribution in [3.05, 3.63) is 35.9 Å². The van der Waals surface area contributed by atoms with Crippen LogP contribution in [0.4, 0.5) is 13.2 Å². The molecule has 6 heteroatoms. The van der Waals surface area contributed by atoms with E-state index in [1.807, 2.05) is 0 Å². The molecule has 0 unspecified atom stereocenters. The predicted molar refractivity (Wildman–Crippen MR) is 73.6 cm³/mol. The number of hydrogen-bond donors (Lipinski definition) is 1. The molecule has 0 spiro atoms. The Balaban J connectivity index is 2.20. The smallest absolute Gasteiger partial charge is 0.327 e. The summed E-state index contributed by atoms with van der Waals surface area (Å²) in [5.74, 6) is -1.77. The number of halogens is 3. The van der Waals surface area contributed by atoms with Gasteiger partial charge in [-0.15, -0.1) is 0 Å². The Morgan fingerprint density at radius 3 is 2.57 bits per heavy atom. The van der Waals surface area contributed by atoms with Crippen molar-refractivity contribution in [1.82, 2.24) is 10.2 Å². The minimum atomic E-state index is -4.85. The Kier molecular flexibility index (Phi) is 4.88. The van der Waals surface area contributed by atoms with E-state index in [1.165, 1.54) is 0 Å². The molecule has 1 aliphatic heterocycles. The summed E-state index contributed by atoms with van der Waals surface area (Å²) in [6.07, 6.45) is -3.12. The first-order chi connectivity index (χ1) is 9.89. The van der Waals surface area contributed by atoms with Gasteiger partial charge in [0.1, 0.15) is 0 Å². The van der Waals surface area contributed by atoms with Crippen LogP contribution in [0, 0.1) is 0 Å². The molecule has 3 nitrogen and oxygen atoms in total. The van der Waals surface area contributed by atoms with E-state index >= 15 is 0 Å². The fraction of sp³-hybridized carbons (Fsp3) is 0.533. The van der Waals surface area contributed by atoms with Crippen LogP contribution in [0.5, 0.6) is 0 Å². The second-order valence-corrected chi connectivity index (χ2v) is 5.34. The molecule has 1 aromatic carbocycles. The van der Waals surface area contributed by atoms with Crippen molar-refractivity contribution < 1.29 is 18.0 Å². The van der Waals surface area contributed by atoms with Crippen molar-refractivity contribution >= 4 is 5.91 Å². The lowest BCUT2D eigenvalue weighted by Gasteiger charge is -2.32. The second-order valence-electron chi connectivity index (χ2n) is 5.34. The molecule has 2 atom stereocenters. The van der Waals surface area contributed by atoms with Gasteiger partial charge in [0.2, 0.25) is 0 Å². The lowest BCUT2D eigenvalue weighted by molar-refractivity contribution is -0.188. The number of alkyl halides is 3. The Hall–Kier alpha value is -1.56. The van der Waals surface area contributed by atoms with E-state index in [4.69, 9.17) is 0 Å². The topological polar surface area (TPSA) is 32.3 Å². The Labute approximate surface area is 122 Å². The first kappa shape index (κ1) is 15.8. The van der Waals surface area contributed by atoms with Crippen LogP contribution in [-0.4, -0.2) is 36.1 Å². The first-order valence-corrected chi connectivity index (χ1v) is 7.05. The van der Waals surface area contributed by atoms with E-state index in [9.17, 15) is 18.0 Å². The highest BCUT2D eigenvalue weighted by atomic mass is 19.4. The van der Waals surface area contributed by atoms with E-state index in [1.54, 1.807) is 37.3 Å². The number of rotatable bonds is 4. The highest BCUT2D eigenvalue weighted by Crippen LogP contribution is 2.27. The number of carbonyl (C=O) groups is 1. The SMILES string of the molecule is C[C@H](c1ccccc1)N(C[C@@H]1CCCN1)C(=O)C(F)(F)F. The fourth-order valence-electron chi connectivity index (χ4n) is 2.64. The molecule has 0 saturated carbocycles. The zero-order chi connectivity index (χ0) is 15.5. The number of benzene rings is 1. The van der Waals surface area contributed by atoms with Crippen LogP contribution in [0.15, 0.2) is 30.3 Å². The van der Waals surface area contributed by atoms with Gasteiger partial charge < -0.3 is 10.2 Å². The van der Waals surface area contributed by atoms with E-state index < -0.39 is 18.1 Å². The molecular formula is C15H19F3N2O. The summed E-state index contributed by atoms with van der Waals surface area (Å²) in [7, 11) is 0. The third-order valence-corrected chi connectivity index (χ3v) is 3.83. The molecule has 1 N–H and O–H groups in total. The molecule has 0 bridgehead atoms. The molecule has 1 heterocycles. The summed E-state index contributed by atoms with van der Waals surface area (Å²) in [6, 6.07) is 8.12. The maximum Gasteiger partial charge on any atom is 0.471 e. The quantitative estimate of drug-likeness (QED) is 0.927. The van der Waals surface area contributed by atoms with Crippen LogP contribution in [0.2, 0.25) is 0 Å². The molecule has 1 aliphatic rings. The minimum Gasteiger partial charge on any atom is -0.327 e. The van der Waals surface area contributed by atoms with Crippen LogP contribution in [-0.2, 0) is 4.79 Å². The maximum absolute atomic E-state index is 12.8. The van der Waals surface area contributed by atoms with Gasteiger partial charge in [-0.1, -0.05) is 30.3 Å². The van der Waals surface area contributed by atoms with Crippen LogP contribution < -0.4 is 5.32 Å². The van der Waals surface area contributed by atoms with Crippen LogP contribution in [0.25, 0.3) is 0 Å².